The SMILES string of the molecule is CCCCOC(=O)CCCC1(c2ccccc2)C2c3cc4c5c6c7c8c9c%10c%11c%12c(cc%13cc%14c%15c(c%16c3c5c8c%16c3c%15c%13c%12c93)C21C=%14)CC=%11CC(C=C6C4)C7%10. The molecule has 1 spiro atoms. The second-order valence-electron chi connectivity index (χ2n) is 19.6. The van der Waals surface area contributed by atoms with E-state index in [1.54, 1.807) is 136 Å². The molecule has 18 rings (SSSR count). The second-order valence-corrected chi connectivity index (χ2v) is 19.6. The summed E-state index contributed by atoms with van der Waals surface area (Å²) >= 11 is 0. The molecule has 10 aromatic carbocycles. The minimum atomic E-state index is -0.148. The van der Waals surface area contributed by atoms with Crippen molar-refractivity contribution in [2.24, 2.45) is 5.92 Å². The molecule has 262 valence electrons. The summed E-state index contributed by atoms with van der Waals surface area (Å²) in [4.78, 5) is 13.2. The van der Waals surface area contributed by atoms with Gasteiger partial charge in [-0.05, 0) is 197 Å². The van der Waals surface area contributed by atoms with E-state index in [1.807, 2.05) is 0 Å². The van der Waals surface area contributed by atoms with Crippen molar-refractivity contribution in [3.63, 3.8) is 0 Å². The van der Waals surface area contributed by atoms with E-state index in [9.17, 15) is 4.79 Å². The Labute approximate surface area is 320 Å². The number of allylic oxidation sites excluding steroid dienone is 2. The van der Waals surface area contributed by atoms with Crippen LogP contribution in [0.2, 0.25) is 0 Å². The highest BCUT2D eigenvalue weighted by molar-refractivity contribution is 6.58. The first-order valence-electron chi connectivity index (χ1n) is 21.7. The van der Waals surface area contributed by atoms with Crippen LogP contribution >= 0.6 is 0 Å². The van der Waals surface area contributed by atoms with Gasteiger partial charge in [0.1, 0.15) is 0 Å². The maximum Gasteiger partial charge on any atom is 0.305 e. The van der Waals surface area contributed by atoms with E-state index < -0.39 is 0 Å². The molecule has 0 aliphatic heterocycles. The van der Waals surface area contributed by atoms with Crippen LogP contribution in [0, 0.1) is 5.92 Å². The van der Waals surface area contributed by atoms with Gasteiger partial charge in [0.25, 0.3) is 0 Å². The quantitative estimate of drug-likeness (QED) is 0.0890. The van der Waals surface area contributed by atoms with E-state index in [-0.39, 0.29) is 16.8 Å². The van der Waals surface area contributed by atoms with Crippen LogP contribution in [0.1, 0.15) is 102 Å². The summed E-state index contributed by atoms with van der Waals surface area (Å²) in [5, 5.41) is 28.9. The number of carbonyl (C=O) groups excluding carboxylic acids is 1. The molecule has 0 amide bonds. The van der Waals surface area contributed by atoms with E-state index >= 15 is 0 Å². The van der Waals surface area contributed by atoms with Gasteiger partial charge in [-0.3, -0.25) is 4.79 Å². The minimum absolute atomic E-state index is 0.0324. The Bertz CT molecular complexity index is 3860. The van der Waals surface area contributed by atoms with Gasteiger partial charge in [-0.15, -0.1) is 0 Å². The fourth-order valence-electron chi connectivity index (χ4n) is 16.8. The van der Waals surface area contributed by atoms with Gasteiger partial charge in [0.05, 0.1) is 6.61 Å². The Kier molecular flexibility index (Phi) is 3.77. The number of fused-ring (bicyclic) bond motifs is 1. The van der Waals surface area contributed by atoms with Gasteiger partial charge >= 0.3 is 5.97 Å². The van der Waals surface area contributed by atoms with Gasteiger partial charge < -0.3 is 4.74 Å². The van der Waals surface area contributed by atoms with Crippen molar-refractivity contribution in [3.05, 3.63) is 110 Å². The molecule has 5 unspecified atom stereocenters. The summed E-state index contributed by atoms with van der Waals surface area (Å²) in [5.74, 6) is 1.38. The zero-order chi connectivity index (χ0) is 35.6. The summed E-state index contributed by atoms with van der Waals surface area (Å²) in [6, 6.07) is 19.6. The van der Waals surface area contributed by atoms with Crippen LogP contribution in [-0.2, 0) is 33.2 Å². The Morgan fingerprint density at radius 2 is 1.55 bits per heavy atom. The molecule has 5 atom stereocenters. The largest absolute Gasteiger partial charge is 0.466 e. The lowest BCUT2D eigenvalue weighted by atomic mass is 9.69. The maximum atomic E-state index is 13.2. The van der Waals surface area contributed by atoms with Crippen LogP contribution < -0.4 is 10.4 Å². The average molecular weight is 715 g/mol. The van der Waals surface area contributed by atoms with Crippen molar-refractivity contribution < 1.29 is 9.53 Å². The molecule has 2 heteroatoms. The van der Waals surface area contributed by atoms with Crippen LogP contribution in [0.25, 0.3) is 103 Å². The van der Waals surface area contributed by atoms with Crippen LogP contribution in [0.5, 0.6) is 0 Å². The molecular weight excluding hydrogens is 681 g/mol. The van der Waals surface area contributed by atoms with Gasteiger partial charge in [-0.1, -0.05) is 73.5 Å². The summed E-state index contributed by atoms with van der Waals surface area (Å²) < 4.78 is 5.76. The molecule has 8 aliphatic carbocycles. The molecule has 0 saturated heterocycles. The van der Waals surface area contributed by atoms with Crippen LogP contribution in [0.15, 0.2) is 54.6 Å². The van der Waals surface area contributed by atoms with Crippen molar-refractivity contribution in [2.45, 2.75) is 81.0 Å². The molecular formula is C54H34O2. The molecule has 10 aromatic rings. The third kappa shape index (κ3) is 2.21. The van der Waals surface area contributed by atoms with Crippen molar-refractivity contribution >= 4 is 109 Å². The molecule has 1 fully saturated rings. The molecule has 1 saturated carbocycles. The number of hydrogen-bond donors (Lipinski definition) is 0. The third-order valence-electron chi connectivity index (χ3n) is 17.9. The molecule has 0 N–H and O–H groups in total. The topological polar surface area (TPSA) is 26.3 Å². The first kappa shape index (κ1) is 27.2. The predicted octanol–water partition coefficient (Wildman–Crippen LogP) is 10.8. The summed E-state index contributed by atoms with van der Waals surface area (Å²) in [6.07, 6.45) is 13.3. The monoisotopic (exact) mass is 714 g/mol. The van der Waals surface area contributed by atoms with Crippen LogP contribution in [-0.4, -0.2) is 12.6 Å². The molecule has 0 aromatic heterocycles. The van der Waals surface area contributed by atoms with E-state index in [4.69, 9.17) is 4.74 Å². The number of esters is 1. The van der Waals surface area contributed by atoms with Crippen molar-refractivity contribution in [1.82, 2.24) is 0 Å². The fourth-order valence-corrected chi connectivity index (χ4v) is 16.8. The molecule has 0 radical (unpaired) electrons. The van der Waals surface area contributed by atoms with Gasteiger partial charge in [0, 0.05) is 29.1 Å². The van der Waals surface area contributed by atoms with Crippen LogP contribution in [0.4, 0.5) is 0 Å². The number of hydrogen-bond acceptors (Lipinski definition) is 2. The van der Waals surface area contributed by atoms with Gasteiger partial charge in [0.2, 0.25) is 0 Å². The van der Waals surface area contributed by atoms with Crippen molar-refractivity contribution in [1.29, 1.82) is 0 Å². The number of rotatable bonds is 8. The number of ether oxygens (including phenoxy) is 1. The van der Waals surface area contributed by atoms with Crippen molar-refractivity contribution in [3.8, 4) is 0 Å². The molecule has 0 heterocycles. The van der Waals surface area contributed by atoms with Gasteiger partial charge in [-0.2, -0.15) is 0 Å². The first-order chi connectivity index (χ1) is 27.7. The van der Waals surface area contributed by atoms with E-state index in [0.29, 0.717) is 30.8 Å². The predicted molar refractivity (Wildman–Crippen MR) is 227 cm³/mol. The number of unbranched alkanes of at least 4 members (excludes halogenated alkanes) is 1. The smallest absolute Gasteiger partial charge is 0.305 e. The highest BCUT2D eigenvalue weighted by Gasteiger charge is 2.79. The molecule has 2 nitrogen and oxygen atoms in total. The summed E-state index contributed by atoms with van der Waals surface area (Å²) in [7, 11) is 0. The molecule has 0 bridgehead atoms. The minimum Gasteiger partial charge on any atom is -0.466 e. The Balaban J connectivity index is 1.07. The highest BCUT2D eigenvalue weighted by Crippen LogP contribution is 2.84. The number of carbonyl (C=O) groups is 1. The van der Waals surface area contributed by atoms with E-state index in [2.05, 4.69) is 67.6 Å². The lowest BCUT2D eigenvalue weighted by molar-refractivity contribution is -0.143. The summed E-state index contributed by atoms with van der Waals surface area (Å²) in [5.41, 5.74) is 16.1. The second kappa shape index (κ2) is 7.77. The standard InChI is InChI=1S/C54H34O2/c1-2-3-12-56-30(55)10-7-11-53(28-8-5-4-6-9-28)52-29-19-26-17-23-15-24-14-21-13-22-16-25-18-27-20-54(52,53)51-37(27)42-36(25)41-32(22)31(21)39-35(24)40-33(23)34(26)43-38(29)50(51)49-47(42)45(41)44(39)46(40)48(43)49/h4-6,8-9,15-16,18-20,24,35,52H,2-3,7,10-14,17H2,1H3. The zero-order valence-corrected chi connectivity index (χ0v) is 31.2. The van der Waals surface area contributed by atoms with Crippen LogP contribution in [0.3, 0.4) is 0 Å². The Morgan fingerprint density at radius 1 is 0.768 bits per heavy atom. The number of benzene rings is 8. The highest BCUT2D eigenvalue weighted by atomic mass is 16.5. The molecule has 56 heavy (non-hydrogen) atoms. The zero-order valence-electron chi connectivity index (χ0n) is 31.2. The third-order valence-corrected chi connectivity index (χ3v) is 17.9. The van der Waals surface area contributed by atoms with E-state index in [0.717, 1.165) is 38.5 Å². The van der Waals surface area contributed by atoms with Gasteiger partial charge in [0.15, 0.2) is 0 Å². The maximum absolute atomic E-state index is 13.2. The lowest BCUT2D eigenvalue weighted by Crippen LogP contribution is -2.28. The molecule has 8 aliphatic rings. The average Bonchev–Trinajstić information content (AvgIpc) is 3.89. The summed E-state index contributed by atoms with van der Waals surface area (Å²) in [6.45, 7) is 2.69. The fraction of sp³-hybridized carbons (Fsp3) is 0.278. The van der Waals surface area contributed by atoms with E-state index in [1.165, 1.54) is 22.6 Å². The normalized spacial score (nSPS) is 27.1. The Hall–Kier alpha value is -5.47. The lowest BCUT2D eigenvalue weighted by Gasteiger charge is -2.33. The Morgan fingerprint density at radius 3 is 2.45 bits per heavy atom. The first-order valence-corrected chi connectivity index (χ1v) is 21.7. The van der Waals surface area contributed by atoms with Crippen molar-refractivity contribution in [2.75, 3.05) is 6.61 Å². The van der Waals surface area contributed by atoms with Gasteiger partial charge in [-0.25, -0.2) is 0 Å².